The Labute approximate surface area is 475 Å². The van der Waals surface area contributed by atoms with E-state index in [0.29, 0.717) is 19.3 Å². The number of rotatable bonds is 57. The molecule has 0 rings (SSSR count). The van der Waals surface area contributed by atoms with Crippen LogP contribution in [0, 0.1) is 0 Å². The van der Waals surface area contributed by atoms with Crippen LogP contribution >= 0.6 is 0 Å². The summed E-state index contributed by atoms with van der Waals surface area (Å²) >= 11 is 0. The molecule has 6 nitrogen and oxygen atoms in total. The SMILES string of the molecule is CC/C=C\C/C=C\C/C=C\C/C=C\C/C=C\C/C=C\CCCCCCCCCCCCCCC(=O)OCC(COC(=O)CCCCCCCCCCCCC)OC(=O)CCCCCC/C=C\C/C=C\C/C=C\C/C=C\CC. The lowest BCUT2D eigenvalue weighted by Crippen LogP contribution is -2.30. The van der Waals surface area contributed by atoms with Gasteiger partial charge in [0, 0.05) is 19.3 Å². The van der Waals surface area contributed by atoms with E-state index < -0.39 is 6.10 Å². The van der Waals surface area contributed by atoms with Crippen molar-refractivity contribution in [3.05, 3.63) is 122 Å². The van der Waals surface area contributed by atoms with E-state index in [1.807, 2.05) is 0 Å². The summed E-state index contributed by atoms with van der Waals surface area (Å²) in [6.45, 7) is 6.40. The van der Waals surface area contributed by atoms with Gasteiger partial charge in [-0.25, -0.2) is 0 Å². The largest absolute Gasteiger partial charge is 0.462 e. The number of ether oxygens (including phenoxy) is 3. The third-order valence-electron chi connectivity index (χ3n) is 13.5. The number of carbonyl (C=O) groups is 3. The first kappa shape index (κ1) is 72.8. The molecule has 0 bridgehead atoms. The van der Waals surface area contributed by atoms with Gasteiger partial charge < -0.3 is 14.2 Å². The molecule has 1 unspecified atom stereocenters. The van der Waals surface area contributed by atoms with E-state index >= 15 is 0 Å². The zero-order chi connectivity index (χ0) is 55.7. The second-order valence-corrected chi connectivity index (χ2v) is 20.9. The Morgan fingerprint density at radius 2 is 0.506 bits per heavy atom. The molecule has 0 fully saturated rings. The predicted octanol–water partition coefficient (Wildman–Crippen LogP) is 22.0. The molecular weight excluding hydrogens is 949 g/mol. The van der Waals surface area contributed by atoms with Crippen molar-refractivity contribution in [3.63, 3.8) is 0 Å². The molecule has 0 amide bonds. The fourth-order valence-corrected chi connectivity index (χ4v) is 8.73. The molecule has 0 aromatic rings. The summed E-state index contributed by atoms with van der Waals surface area (Å²) in [6.07, 6.45) is 89.2. The first-order valence-electron chi connectivity index (χ1n) is 32.0. The number of unbranched alkanes of at least 4 members (excludes halogenated alkanes) is 26. The molecule has 0 aliphatic rings. The summed E-state index contributed by atoms with van der Waals surface area (Å²) in [5.41, 5.74) is 0. The Morgan fingerprint density at radius 3 is 0.792 bits per heavy atom. The summed E-state index contributed by atoms with van der Waals surface area (Å²) in [6, 6.07) is 0. The molecule has 0 radical (unpaired) electrons. The smallest absolute Gasteiger partial charge is 0.306 e. The maximum Gasteiger partial charge on any atom is 0.306 e. The van der Waals surface area contributed by atoms with Crippen LogP contribution in [0.2, 0.25) is 0 Å². The average Bonchev–Trinajstić information content (AvgIpc) is 3.43. The lowest BCUT2D eigenvalue weighted by atomic mass is 10.0. The zero-order valence-electron chi connectivity index (χ0n) is 50.2. The lowest BCUT2D eigenvalue weighted by molar-refractivity contribution is -0.167. The van der Waals surface area contributed by atoms with Crippen molar-refractivity contribution in [1.29, 1.82) is 0 Å². The molecule has 0 spiro atoms. The van der Waals surface area contributed by atoms with Crippen molar-refractivity contribution in [2.24, 2.45) is 0 Å². The average molecular weight is 1070 g/mol. The zero-order valence-corrected chi connectivity index (χ0v) is 50.2. The number of hydrogen-bond acceptors (Lipinski definition) is 6. The number of carbonyl (C=O) groups excluding carboxylic acids is 3. The standard InChI is InChI=1S/C71H118O6/c1-4-7-10-13-16-19-22-24-26-28-29-30-31-32-33-34-35-36-37-38-39-40-41-43-44-46-49-52-55-58-61-64-70(73)76-67-68(66-75-69(72)63-60-57-54-51-48-21-18-15-12-9-6-3)77-71(74)65-62-59-56-53-50-47-45-42-27-25-23-20-17-14-11-8-5-2/h7-8,10-11,16-17,19-20,24-27,29-30,32-33,35-36,45,47,68H,4-6,9,12-15,18,21-23,28,31,34,37-44,46,48-67H2,1-3H3/b10-7-,11-8-,19-16-,20-17-,26-24-,27-25-,30-29-,33-32-,36-35-,47-45-. The minimum atomic E-state index is -0.792. The van der Waals surface area contributed by atoms with Crippen LogP contribution in [0.5, 0.6) is 0 Å². The van der Waals surface area contributed by atoms with Crippen LogP contribution in [0.1, 0.15) is 290 Å². The van der Waals surface area contributed by atoms with Crippen LogP contribution in [-0.4, -0.2) is 37.2 Å². The summed E-state index contributed by atoms with van der Waals surface area (Å²) < 4.78 is 16.9. The monoisotopic (exact) mass is 1070 g/mol. The molecule has 77 heavy (non-hydrogen) atoms. The highest BCUT2D eigenvalue weighted by Gasteiger charge is 2.19. The quantitative estimate of drug-likeness (QED) is 0.0261. The molecule has 0 saturated heterocycles. The fraction of sp³-hybridized carbons (Fsp3) is 0.676. The minimum absolute atomic E-state index is 0.0875. The van der Waals surface area contributed by atoms with E-state index in [2.05, 4.69) is 142 Å². The van der Waals surface area contributed by atoms with E-state index in [1.54, 1.807) is 0 Å². The van der Waals surface area contributed by atoms with Gasteiger partial charge in [-0.15, -0.1) is 0 Å². The Hall–Kier alpha value is -4.19. The van der Waals surface area contributed by atoms with Gasteiger partial charge in [0.2, 0.25) is 0 Å². The number of esters is 3. The third kappa shape index (κ3) is 62.5. The molecule has 438 valence electrons. The topological polar surface area (TPSA) is 78.9 Å². The molecule has 1 atom stereocenters. The maximum atomic E-state index is 12.9. The number of hydrogen-bond donors (Lipinski definition) is 0. The Morgan fingerprint density at radius 1 is 0.273 bits per heavy atom. The van der Waals surface area contributed by atoms with Crippen LogP contribution in [0.15, 0.2) is 122 Å². The highest BCUT2D eigenvalue weighted by atomic mass is 16.6. The van der Waals surface area contributed by atoms with Crippen molar-refractivity contribution in [3.8, 4) is 0 Å². The Balaban J connectivity index is 4.24. The summed E-state index contributed by atoms with van der Waals surface area (Å²) in [5.74, 6) is -0.909. The fourth-order valence-electron chi connectivity index (χ4n) is 8.73. The first-order chi connectivity index (χ1) is 38.0. The van der Waals surface area contributed by atoms with Gasteiger partial charge in [0.15, 0.2) is 6.10 Å². The van der Waals surface area contributed by atoms with Gasteiger partial charge >= 0.3 is 17.9 Å². The minimum Gasteiger partial charge on any atom is -0.462 e. The lowest BCUT2D eigenvalue weighted by Gasteiger charge is -2.18. The van der Waals surface area contributed by atoms with Crippen LogP contribution < -0.4 is 0 Å². The van der Waals surface area contributed by atoms with Gasteiger partial charge in [-0.3, -0.25) is 14.4 Å². The van der Waals surface area contributed by atoms with E-state index in [0.717, 1.165) is 135 Å². The van der Waals surface area contributed by atoms with Crippen molar-refractivity contribution in [2.75, 3.05) is 13.2 Å². The Bertz CT molecular complexity index is 1600. The molecule has 6 heteroatoms. The molecule has 0 aliphatic carbocycles. The van der Waals surface area contributed by atoms with E-state index in [9.17, 15) is 14.4 Å². The van der Waals surface area contributed by atoms with E-state index in [1.165, 1.54) is 116 Å². The normalized spacial score (nSPS) is 12.9. The van der Waals surface area contributed by atoms with E-state index in [4.69, 9.17) is 14.2 Å². The highest BCUT2D eigenvalue weighted by molar-refractivity contribution is 5.71. The molecule has 0 saturated carbocycles. The van der Waals surface area contributed by atoms with Crippen molar-refractivity contribution in [2.45, 2.75) is 297 Å². The molecule has 0 aromatic carbocycles. The number of allylic oxidation sites excluding steroid dienone is 20. The molecule has 0 aromatic heterocycles. The maximum absolute atomic E-state index is 12.9. The van der Waals surface area contributed by atoms with Crippen LogP contribution in [0.3, 0.4) is 0 Å². The van der Waals surface area contributed by atoms with Gasteiger partial charge in [-0.2, -0.15) is 0 Å². The molecular formula is C71H118O6. The summed E-state index contributed by atoms with van der Waals surface area (Å²) in [4.78, 5) is 38.2. The summed E-state index contributed by atoms with van der Waals surface area (Å²) in [7, 11) is 0. The predicted molar refractivity (Wildman–Crippen MR) is 334 cm³/mol. The van der Waals surface area contributed by atoms with Crippen LogP contribution in [0.4, 0.5) is 0 Å². The van der Waals surface area contributed by atoms with Crippen LogP contribution in [-0.2, 0) is 28.6 Å². The van der Waals surface area contributed by atoms with Crippen LogP contribution in [0.25, 0.3) is 0 Å². The van der Waals surface area contributed by atoms with Gasteiger partial charge in [-0.1, -0.05) is 284 Å². The van der Waals surface area contributed by atoms with Crippen molar-refractivity contribution < 1.29 is 28.6 Å². The molecule has 0 heterocycles. The first-order valence-corrected chi connectivity index (χ1v) is 32.0. The third-order valence-corrected chi connectivity index (χ3v) is 13.5. The van der Waals surface area contributed by atoms with Gasteiger partial charge in [-0.05, 0) is 109 Å². The Kier molecular flexibility index (Phi) is 60.8. The second-order valence-electron chi connectivity index (χ2n) is 20.9. The van der Waals surface area contributed by atoms with Crippen molar-refractivity contribution >= 4 is 17.9 Å². The van der Waals surface area contributed by atoms with Crippen molar-refractivity contribution in [1.82, 2.24) is 0 Å². The van der Waals surface area contributed by atoms with Gasteiger partial charge in [0.25, 0.3) is 0 Å². The van der Waals surface area contributed by atoms with Gasteiger partial charge in [0.1, 0.15) is 13.2 Å². The van der Waals surface area contributed by atoms with Gasteiger partial charge in [0.05, 0.1) is 0 Å². The summed E-state index contributed by atoms with van der Waals surface area (Å²) in [5, 5.41) is 0. The van der Waals surface area contributed by atoms with E-state index in [-0.39, 0.29) is 31.1 Å². The molecule has 0 aliphatic heterocycles. The second kappa shape index (κ2) is 64.3. The molecule has 0 N–H and O–H groups in total. The highest BCUT2D eigenvalue weighted by Crippen LogP contribution is 2.16.